The van der Waals surface area contributed by atoms with Gasteiger partial charge in [0, 0.05) is 36.1 Å². The molecule has 2 N–H and O–H groups in total. The van der Waals surface area contributed by atoms with E-state index in [-0.39, 0.29) is 22.9 Å². The van der Waals surface area contributed by atoms with E-state index in [2.05, 4.69) is 10.6 Å². The van der Waals surface area contributed by atoms with E-state index in [1.54, 1.807) is 49.4 Å². The highest BCUT2D eigenvalue weighted by Gasteiger charge is 2.23. The lowest BCUT2D eigenvalue weighted by molar-refractivity contribution is -0.384. The molecule has 1 aliphatic heterocycles. The first-order valence-corrected chi connectivity index (χ1v) is 10.3. The summed E-state index contributed by atoms with van der Waals surface area (Å²) in [6.07, 6.45) is 1.41. The van der Waals surface area contributed by atoms with Gasteiger partial charge in [0.05, 0.1) is 24.4 Å². The number of nitro groups is 1. The van der Waals surface area contributed by atoms with Crippen molar-refractivity contribution >= 4 is 34.6 Å². The van der Waals surface area contributed by atoms with Crippen molar-refractivity contribution in [2.75, 3.05) is 41.8 Å². The number of nitrogens with one attached hydrogen (secondary N) is 2. The number of morpholine rings is 1. The molecule has 2 aromatic carbocycles. The summed E-state index contributed by atoms with van der Waals surface area (Å²) < 4.78 is 10.4. The van der Waals surface area contributed by atoms with Crippen LogP contribution in [0.4, 0.5) is 22.7 Å². The first-order chi connectivity index (χ1) is 15.9. The van der Waals surface area contributed by atoms with E-state index in [9.17, 15) is 19.7 Å². The van der Waals surface area contributed by atoms with Crippen molar-refractivity contribution in [1.82, 2.24) is 0 Å². The molecule has 0 unspecified atom stereocenters. The fourth-order valence-corrected chi connectivity index (χ4v) is 3.56. The maximum absolute atomic E-state index is 12.8. The van der Waals surface area contributed by atoms with E-state index < -0.39 is 10.8 Å². The van der Waals surface area contributed by atoms with Crippen molar-refractivity contribution in [3.63, 3.8) is 0 Å². The number of benzene rings is 2. The van der Waals surface area contributed by atoms with Crippen molar-refractivity contribution in [2.45, 2.75) is 6.92 Å². The van der Waals surface area contributed by atoms with Gasteiger partial charge in [-0.2, -0.15) is 0 Å². The number of carbonyl (C=O) groups is 2. The van der Waals surface area contributed by atoms with E-state index in [0.717, 1.165) is 5.56 Å². The Labute approximate surface area is 189 Å². The Balaban J connectivity index is 1.48. The number of aryl methyl sites for hydroxylation is 1. The zero-order valence-electron chi connectivity index (χ0n) is 17.9. The van der Waals surface area contributed by atoms with Crippen molar-refractivity contribution in [3.05, 3.63) is 81.8 Å². The minimum atomic E-state index is -0.484. The lowest BCUT2D eigenvalue weighted by atomic mass is 10.1. The number of nitrogens with zero attached hydrogens (tertiary/aromatic N) is 2. The normalized spacial score (nSPS) is 13.4. The highest BCUT2D eigenvalue weighted by molar-refractivity contribution is 6.06. The predicted molar refractivity (Wildman–Crippen MR) is 122 cm³/mol. The van der Waals surface area contributed by atoms with Gasteiger partial charge in [0.2, 0.25) is 0 Å². The molecule has 0 atom stereocenters. The summed E-state index contributed by atoms with van der Waals surface area (Å²) in [7, 11) is 0. The summed E-state index contributed by atoms with van der Waals surface area (Å²) in [6, 6.07) is 12.6. The number of rotatable bonds is 6. The fraction of sp³-hybridized carbons (Fsp3) is 0.217. The number of hydrogen-bond acceptors (Lipinski definition) is 7. The smallest absolute Gasteiger partial charge is 0.293 e. The Morgan fingerprint density at radius 3 is 2.48 bits per heavy atom. The highest BCUT2D eigenvalue weighted by atomic mass is 16.6. The van der Waals surface area contributed by atoms with Crippen LogP contribution in [0.1, 0.15) is 26.5 Å². The Kier molecular flexibility index (Phi) is 6.36. The molecule has 0 aliphatic carbocycles. The van der Waals surface area contributed by atoms with Gasteiger partial charge in [0.25, 0.3) is 17.5 Å². The molecule has 170 valence electrons. The molecule has 2 heterocycles. The van der Waals surface area contributed by atoms with Crippen molar-refractivity contribution in [3.8, 4) is 0 Å². The van der Waals surface area contributed by atoms with Gasteiger partial charge in [-0.15, -0.1) is 0 Å². The average molecular weight is 450 g/mol. The molecule has 10 heteroatoms. The summed E-state index contributed by atoms with van der Waals surface area (Å²) in [4.78, 5) is 37.9. The molecule has 10 nitrogen and oxygen atoms in total. The molecule has 2 amide bonds. The van der Waals surface area contributed by atoms with Crippen LogP contribution < -0.4 is 15.5 Å². The van der Waals surface area contributed by atoms with E-state index in [0.29, 0.717) is 43.4 Å². The number of anilines is 3. The molecule has 4 rings (SSSR count). The molecule has 1 fully saturated rings. The second kappa shape index (κ2) is 9.53. The van der Waals surface area contributed by atoms with Crippen LogP contribution in [0.15, 0.2) is 59.2 Å². The van der Waals surface area contributed by atoms with E-state index in [1.807, 2.05) is 4.90 Å². The van der Waals surface area contributed by atoms with Crippen LogP contribution in [-0.4, -0.2) is 43.0 Å². The molecule has 0 spiro atoms. The number of hydrogen-bond donors (Lipinski definition) is 2. The lowest BCUT2D eigenvalue weighted by Crippen LogP contribution is -2.36. The van der Waals surface area contributed by atoms with Crippen LogP contribution in [0.25, 0.3) is 0 Å². The second-order valence-electron chi connectivity index (χ2n) is 7.48. The minimum Gasteiger partial charge on any atom is -0.459 e. The van der Waals surface area contributed by atoms with Crippen LogP contribution in [0, 0.1) is 17.0 Å². The molecule has 1 aromatic heterocycles. The molecule has 0 bridgehead atoms. The predicted octanol–water partition coefficient (Wildman–Crippen LogP) is 3.84. The maximum Gasteiger partial charge on any atom is 0.293 e. The summed E-state index contributed by atoms with van der Waals surface area (Å²) in [5, 5.41) is 17.1. The summed E-state index contributed by atoms with van der Waals surface area (Å²) in [5.74, 6) is -0.667. The van der Waals surface area contributed by atoms with E-state index in [1.165, 1.54) is 12.3 Å². The number of nitro benzene ring substituents is 1. The standard InChI is InChI=1S/C23H22N4O6/c1-15-13-17(5-6-18(15)25-23(29)21-3-2-10-33-21)24-22(28)16-4-7-19(20(14-16)27(30)31)26-8-11-32-12-9-26/h2-7,10,13-14H,8-9,11-12H2,1H3,(H,24,28)(H,25,29). The van der Waals surface area contributed by atoms with Gasteiger partial charge in [-0.05, 0) is 55.0 Å². The zero-order chi connectivity index (χ0) is 23.4. The highest BCUT2D eigenvalue weighted by Crippen LogP contribution is 2.30. The monoisotopic (exact) mass is 450 g/mol. The first-order valence-electron chi connectivity index (χ1n) is 10.3. The van der Waals surface area contributed by atoms with Crippen molar-refractivity contribution in [2.24, 2.45) is 0 Å². The fourth-order valence-electron chi connectivity index (χ4n) is 3.56. The third kappa shape index (κ3) is 5.01. The Morgan fingerprint density at radius 1 is 1.03 bits per heavy atom. The quantitative estimate of drug-likeness (QED) is 0.431. The number of amides is 2. The molecule has 3 aromatic rings. The molecule has 0 radical (unpaired) electrons. The Bertz CT molecular complexity index is 1190. The third-order valence-electron chi connectivity index (χ3n) is 5.26. The topological polar surface area (TPSA) is 127 Å². The number of carbonyl (C=O) groups excluding carboxylic acids is 2. The molecule has 0 saturated carbocycles. The van der Waals surface area contributed by atoms with Gasteiger partial charge in [0.15, 0.2) is 5.76 Å². The van der Waals surface area contributed by atoms with Gasteiger partial charge >= 0.3 is 0 Å². The van der Waals surface area contributed by atoms with E-state index in [4.69, 9.17) is 9.15 Å². The van der Waals surface area contributed by atoms with Crippen LogP contribution in [-0.2, 0) is 4.74 Å². The maximum atomic E-state index is 12.8. The molecular formula is C23H22N4O6. The summed E-state index contributed by atoms with van der Waals surface area (Å²) >= 11 is 0. The van der Waals surface area contributed by atoms with Crippen LogP contribution in [0.2, 0.25) is 0 Å². The lowest BCUT2D eigenvalue weighted by Gasteiger charge is -2.28. The third-order valence-corrected chi connectivity index (χ3v) is 5.26. The summed E-state index contributed by atoms with van der Waals surface area (Å²) in [5.41, 5.74) is 2.30. The summed E-state index contributed by atoms with van der Waals surface area (Å²) in [6.45, 7) is 3.88. The molecular weight excluding hydrogens is 428 g/mol. The molecule has 33 heavy (non-hydrogen) atoms. The Hall–Kier alpha value is -4.18. The number of ether oxygens (including phenoxy) is 1. The zero-order valence-corrected chi connectivity index (χ0v) is 17.9. The average Bonchev–Trinajstić information content (AvgIpc) is 3.36. The van der Waals surface area contributed by atoms with Crippen LogP contribution in [0.3, 0.4) is 0 Å². The van der Waals surface area contributed by atoms with Gasteiger partial charge in [-0.3, -0.25) is 19.7 Å². The second-order valence-corrected chi connectivity index (χ2v) is 7.48. The largest absolute Gasteiger partial charge is 0.459 e. The van der Waals surface area contributed by atoms with Crippen LogP contribution in [0.5, 0.6) is 0 Å². The number of furan rings is 1. The Morgan fingerprint density at radius 2 is 1.82 bits per heavy atom. The van der Waals surface area contributed by atoms with Crippen molar-refractivity contribution in [1.29, 1.82) is 0 Å². The van der Waals surface area contributed by atoms with Crippen molar-refractivity contribution < 1.29 is 23.7 Å². The minimum absolute atomic E-state index is 0.128. The van der Waals surface area contributed by atoms with Gasteiger partial charge in [-0.25, -0.2) is 0 Å². The van der Waals surface area contributed by atoms with Gasteiger partial charge in [-0.1, -0.05) is 0 Å². The SMILES string of the molecule is Cc1cc(NC(=O)c2ccc(N3CCOCC3)c([N+](=O)[O-])c2)ccc1NC(=O)c1ccco1. The molecule has 1 aliphatic rings. The van der Waals surface area contributed by atoms with Gasteiger partial charge < -0.3 is 24.7 Å². The van der Waals surface area contributed by atoms with E-state index >= 15 is 0 Å². The molecule has 1 saturated heterocycles. The first kappa shape index (κ1) is 22.0. The van der Waals surface area contributed by atoms with Gasteiger partial charge in [0.1, 0.15) is 5.69 Å². The van der Waals surface area contributed by atoms with Crippen LogP contribution >= 0.6 is 0 Å².